The second kappa shape index (κ2) is 7.96. The number of methoxy groups -OCH3 is 1. The minimum atomic E-state index is -0.160. The van der Waals surface area contributed by atoms with Gasteiger partial charge in [-0.05, 0) is 56.7 Å². The van der Waals surface area contributed by atoms with E-state index in [9.17, 15) is 4.79 Å². The number of benzene rings is 2. The lowest BCUT2D eigenvalue weighted by atomic mass is 10.1. The van der Waals surface area contributed by atoms with E-state index in [0.29, 0.717) is 22.8 Å². The van der Waals surface area contributed by atoms with Crippen LogP contribution >= 0.6 is 15.9 Å². The number of carbonyl (C=O) groups is 1. The van der Waals surface area contributed by atoms with Gasteiger partial charge in [-0.3, -0.25) is 4.79 Å². The molecule has 0 bridgehead atoms. The molecule has 27 heavy (non-hydrogen) atoms. The van der Waals surface area contributed by atoms with Crippen molar-refractivity contribution in [2.45, 2.75) is 26.9 Å². The highest BCUT2D eigenvalue weighted by Crippen LogP contribution is 2.36. The van der Waals surface area contributed by atoms with Crippen molar-refractivity contribution in [2.24, 2.45) is 5.10 Å². The molecule has 2 aromatic rings. The monoisotopic (exact) mass is 428 g/mol. The number of ether oxygens (including phenoxy) is 2. The molecule has 0 radical (unpaired) electrons. The van der Waals surface area contributed by atoms with Crippen molar-refractivity contribution in [3.05, 3.63) is 58.1 Å². The van der Waals surface area contributed by atoms with Gasteiger partial charge in [0.2, 0.25) is 0 Å². The van der Waals surface area contributed by atoms with Crippen LogP contribution in [0.4, 0.5) is 5.69 Å². The van der Waals surface area contributed by atoms with Crippen molar-refractivity contribution >= 4 is 39.3 Å². The van der Waals surface area contributed by atoms with Gasteiger partial charge in [-0.15, -0.1) is 0 Å². The molecule has 0 fully saturated rings. The summed E-state index contributed by atoms with van der Waals surface area (Å²) in [5, 5.41) is 5.83. The number of halogens is 1. The Morgan fingerprint density at radius 3 is 2.48 bits per heavy atom. The van der Waals surface area contributed by atoms with Gasteiger partial charge in [-0.25, -0.2) is 0 Å². The number of carbonyl (C=O) groups excluding carboxylic acids is 1. The summed E-state index contributed by atoms with van der Waals surface area (Å²) in [6.07, 6.45) is 1.84. The molecule has 0 aliphatic carbocycles. The normalized spacial score (nSPS) is 15.5. The molecule has 1 aliphatic heterocycles. The summed E-state index contributed by atoms with van der Waals surface area (Å²) in [4.78, 5) is 12.9. The van der Waals surface area contributed by atoms with E-state index in [1.807, 2.05) is 69.3 Å². The average Bonchev–Trinajstić information content (AvgIpc) is 2.92. The van der Waals surface area contributed by atoms with Crippen LogP contribution < -0.4 is 14.5 Å². The van der Waals surface area contributed by atoms with E-state index < -0.39 is 0 Å². The van der Waals surface area contributed by atoms with Crippen molar-refractivity contribution in [2.75, 3.05) is 12.1 Å². The maximum Gasteiger partial charge on any atom is 0.280 e. The fraction of sp³-hybridized carbons (Fsp3) is 0.238. The zero-order valence-electron chi connectivity index (χ0n) is 15.7. The summed E-state index contributed by atoms with van der Waals surface area (Å²) in [7, 11) is 1.60. The first-order valence-electron chi connectivity index (χ1n) is 8.61. The zero-order valence-corrected chi connectivity index (χ0v) is 17.3. The Balaban J connectivity index is 1.97. The molecule has 1 aliphatic rings. The van der Waals surface area contributed by atoms with Crippen LogP contribution in [-0.4, -0.2) is 24.8 Å². The third-order valence-electron chi connectivity index (χ3n) is 4.01. The second-order valence-corrected chi connectivity index (χ2v) is 7.24. The number of rotatable bonds is 5. The number of hydrogen-bond donors (Lipinski definition) is 0. The largest absolute Gasteiger partial charge is 0.493 e. The minimum Gasteiger partial charge on any atom is -0.493 e. The number of hydrogen-bond acceptors (Lipinski definition) is 4. The van der Waals surface area contributed by atoms with Crippen molar-refractivity contribution in [1.29, 1.82) is 0 Å². The molecule has 140 valence electrons. The molecule has 2 aromatic carbocycles. The van der Waals surface area contributed by atoms with Crippen LogP contribution in [0.15, 0.2) is 57.6 Å². The summed E-state index contributed by atoms with van der Waals surface area (Å²) in [6.45, 7) is 5.74. The fourth-order valence-electron chi connectivity index (χ4n) is 2.75. The van der Waals surface area contributed by atoms with Gasteiger partial charge in [-0.1, -0.05) is 34.1 Å². The van der Waals surface area contributed by atoms with Crippen LogP contribution in [0.1, 0.15) is 26.3 Å². The Kier molecular flexibility index (Phi) is 5.65. The Hall–Kier alpha value is -2.60. The lowest BCUT2D eigenvalue weighted by molar-refractivity contribution is -0.114. The van der Waals surface area contributed by atoms with Crippen molar-refractivity contribution in [3.8, 4) is 11.5 Å². The van der Waals surface area contributed by atoms with Gasteiger partial charge in [-0.2, -0.15) is 10.1 Å². The number of hydrazone groups is 1. The van der Waals surface area contributed by atoms with E-state index in [1.165, 1.54) is 5.01 Å². The Bertz CT molecular complexity index is 921. The average molecular weight is 429 g/mol. The summed E-state index contributed by atoms with van der Waals surface area (Å²) < 4.78 is 12.0. The summed E-state index contributed by atoms with van der Waals surface area (Å²) in [6, 6.07) is 13.1. The highest BCUT2D eigenvalue weighted by molar-refractivity contribution is 9.10. The van der Waals surface area contributed by atoms with E-state index in [1.54, 1.807) is 7.11 Å². The van der Waals surface area contributed by atoms with Gasteiger partial charge < -0.3 is 9.47 Å². The summed E-state index contributed by atoms with van der Waals surface area (Å²) in [5.41, 5.74) is 2.76. The number of nitrogens with zero attached hydrogens (tertiary/aromatic N) is 2. The standard InChI is InChI=1S/C21H21BrN2O3/c1-13(2)27-20-12-18(22)15(11-19(20)26-4)10-17-14(3)23-24(21(17)25)16-8-6-5-7-9-16/h5-13H,1-4H3/b17-10+. The van der Waals surface area contributed by atoms with E-state index in [4.69, 9.17) is 9.47 Å². The molecule has 1 heterocycles. The molecule has 0 N–H and O–H groups in total. The number of anilines is 1. The van der Waals surface area contributed by atoms with Crippen LogP contribution in [0.25, 0.3) is 6.08 Å². The molecule has 5 nitrogen and oxygen atoms in total. The Labute approximate surface area is 167 Å². The number of amides is 1. The molecular weight excluding hydrogens is 408 g/mol. The third-order valence-corrected chi connectivity index (χ3v) is 4.70. The smallest absolute Gasteiger partial charge is 0.280 e. The van der Waals surface area contributed by atoms with Crippen LogP contribution in [0.3, 0.4) is 0 Å². The first-order valence-corrected chi connectivity index (χ1v) is 9.41. The Morgan fingerprint density at radius 2 is 1.85 bits per heavy atom. The molecule has 0 atom stereocenters. The fourth-order valence-corrected chi connectivity index (χ4v) is 3.19. The predicted octanol–water partition coefficient (Wildman–Crippen LogP) is 5.05. The number of para-hydroxylation sites is 1. The molecule has 1 amide bonds. The molecule has 6 heteroatoms. The topological polar surface area (TPSA) is 51.1 Å². The lowest BCUT2D eigenvalue weighted by Crippen LogP contribution is -2.21. The van der Waals surface area contributed by atoms with Gasteiger partial charge in [0.05, 0.1) is 30.2 Å². The highest BCUT2D eigenvalue weighted by atomic mass is 79.9. The first-order chi connectivity index (χ1) is 12.9. The predicted molar refractivity (Wildman–Crippen MR) is 111 cm³/mol. The minimum absolute atomic E-state index is 0.0280. The molecule has 0 saturated carbocycles. The Morgan fingerprint density at radius 1 is 1.15 bits per heavy atom. The second-order valence-electron chi connectivity index (χ2n) is 6.39. The van der Waals surface area contributed by atoms with E-state index in [-0.39, 0.29) is 12.0 Å². The SMILES string of the molecule is COc1cc(/C=C2/C(=O)N(c3ccccc3)N=C2C)c(Br)cc1OC(C)C. The quantitative estimate of drug-likeness (QED) is 0.625. The molecule has 0 spiro atoms. The maximum atomic E-state index is 12.9. The van der Waals surface area contributed by atoms with Gasteiger partial charge in [0, 0.05) is 4.47 Å². The molecular formula is C21H21BrN2O3. The van der Waals surface area contributed by atoms with Crippen LogP contribution in [0, 0.1) is 0 Å². The molecule has 0 aromatic heterocycles. The summed E-state index contributed by atoms with van der Waals surface area (Å²) >= 11 is 3.56. The van der Waals surface area contributed by atoms with Gasteiger partial charge >= 0.3 is 0 Å². The van der Waals surface area contributed by atoms with Crippen molar-refractivity contribution in [3.63, 3.8) is 0 Å². The molecule has 0 unspecified atom stereocenters. The van der Waals surface area contributed by atoms with E-state index in [2.05, 4.69) is 21.0 Å². The van der Waals surface area contributed by atoms with E-state index >= 15 is 0 Å². The lowest BCUT2D eigenvalue weighted by Gasteiger charge is -2.15. The van der Waals surface area contributed by atoms with Crippen molar-refractivity contribution < 1.29 is 14.3 Å². The highest BCUT2D eigenvalue weighted by Gasteiger charge is 2.28. The molecule has 0 saturated heterocycles. The van der Waals surface area contributed by atoms with Crippen LogP contribution in [0.2, 0.25) is 0 Å². The third kappa shape index (κ3) is 4.06. The van der Waals surface area contributed by atoms with Gasteiger partial charge in [0.1, 0.15) is 0 Å². The van der Waals surface area contributed by atoms with Crippen molar-refractivity contribution in [1.82, 2.24) is 0 Å². The summed E-state index contributed by atoms with van der Waals surface area (Å²) in [5.74, 6) is 1.10. The molecule has 3 rings (SSSR count). The first kappa shape index (κ1) is 19.2. The van der Waals surface area contributed by atoms with Crippen LogP contribution in [0.5, 0.6) is 11.5 Å². The zero-order chi connectivity index (χ0) is 19.6. The van der Waals surface area contributed by atoms with E-state index in [0.717, 1.165) is 15.7 Å². The van der Waals surface area contributed by atoms with Gasteiger partial charge in [0.25, 0.3) is 5.91 Å². The van der Waals surface area contributed by atoms with Gasteiger partial charge in [0.15, 0.2) is 11.5 Å². The maximum absolute atomic E-state index is 12.9. The van der Waals surface area contributed by atoms with Crippen LogP contribution in [-0.2, 0) is 4.79 Å².